The zero-order chi connectivity index (χ0) is 18.9. The first-order valence-corrected chi connectivity index (χ1v) is 10.1. The van der Waals surface area contributed by atoms with Gasteiger partial charge in [0, 0.05) is 42.3 Å². The molecule has 1 aliphatic heterocycles. The average molecular weight is 418 g/mol. The summed E-state index contributed by atoms with van der Waals surface area (Å²) in [6, 6.07) is 5.86. The lowest BCUT2D eigenvalue weighted by molar-refractivity contribution is -0.134. The van der Waals surface area contributed by atoms with Crippen molar-refractivity contribution in [1.29, 1.82) is 0 Å². The maximum absolute atomic E-state index is 12.8. The van der Waals surface area contributed by atoms with Crippen molar-refractivity contribution in [2.45, 2.75) is 17.7 Å². The van der Waals surface area contributed by atoms with E-state index in [9.17, 15) is 13.2 Å². The van der Waals surface area contributed by atoms with Crippen LogP contribution in [0.25, 0.3) is 0 Å². The molecule has 0 spiro atoms. The molecule has 0 bridgehead atoms. The van der Waals surface area contributed by atoms with Crippen LogP contribution in [0.3, 0.4) is 0 Å². The van der Waals surface area contributed by atoms with Crippen LogP contribution in [0.4, 0.5) is 0 Å². The summed E-state index contributed by atoms with van der Waals surface area (Å²) in [6.45, 7) is 2.72. The van der Waals surface area contributed by atoms with Crippen LogP contribution in [0.2, 0.25) is 10.0 Å². The average Bonchev–Trinajstić information content (AvgIpc) is 3.14. The van der Waals surface area contributed by atoms with E-state index in [1.54, 1.807) is 17.9 Å². The number of sulfonamides is 1. The Morgan fingerprint density at radius 3 is 2.31 bits per heavy atom. The van der Waals surface area contributed by atoms with Crippen molar-refractivity contribution in [2.24, 2.45) is 0 Å². The zero-order valence-corrected chi connectivity index (χ0v) is 16.3. The molecule has 1 atom stereocenters. The normalized spacial score (nSPS) is 17.3. The molecule has 1 saturated heterocycles. The van der Waals surface area contributed by atoms with Gasteiger partial charge in [0.2, 0.25) is 15.9 Å². The second kappa shape index (κ2) is 7.56. The highest BCUT2D eigenvalue weighted by Gasteiger charge is 2.32. The van der Waals surface area contributed by atoms with Crippen LogP contribution in [0.15, 0.2) is 39.9 Å². The highest BCUT2D eigenvalue weighted by molar-refractivity contribution is 7.89. The molecule has 7 nitrogen and oxygen atoms in total. The maximum atomic E-state index is 12.8. The number of aromatic nitrogens is 1. The topological polar surface area (TPSA) is 83.7 Å². The van der Waals surface area contributed by atoms with Crippen LogP contribution >= 0.6 is 23.2 Å². The third-order valence-electron chi connectivity index (χ3n) is 4.28. The summed E-state index contributed by atoms with van der Waals surface area (Å²) in [7, 11) is -3.72. The van der Waals surface area contributed by atoms with Gasteiger partial charge in [0.25, 0.3) is 0 Å². The molecule has 10 heteroatoms. The Kier molecular flexibility index (Phi) is 5.57. The fraction of sp³-hybridized carbons (Fsp3) is 0.375. The Morgan fingerprint density at radius 2 is 1.77 bits per heavy atom. The molecule has 1 fully saturated rings. The Hall–Kier alpha value is -1.61. The third-order valence-corrected chi connectivity index (χ3v) is 6.59. The number of amides is 1. The Labute approximate surface area is 161 Å². The summed E-state index contributed by atoms with van der Waals surface area (Å²) in [4.78, 5) is 14.2. The molecule has 1 aromatic carbocycles. The fourth-order valence-electron chi connectivity index (χ4n) is 2.82. The van der Waals surface area contributed by atoms with Crippen molar-refractivity contribution in [3.8, 4) is 0 Å². The van der Waals surface area contributed by atoms with Crippen molar-refractivity contribution in [2.75, 3.05) is 26.2 Å². The van der Waals surface area contributed by atoms with Gasteiger partial charge < -0.3 is 9.42 Å². The maximum Gasteiger partial charge on any atom is 0.243 e. The van der Waals surface area contributed by atoms with Crippen molar-refractivity contribution in [1.82, 2.24) is 14.4 Å². The first kappa shape index (κ1) is 19.2. The van der Waals surface area contributed by atoms with E-state index in [2.05, 4.69) is 5.16 Å². The van der Waals surface area contributed by atoms with E-state index in [-0.39, 0.29) is 33.9 Å². The lowest BCUT2D eigenvalue weighted by Crippen LogP contribution is -2.51. The number of hydrogen-bond donors (Lipinski definition) is 0. The van der Waals surface area contributed by atoms with E-state index in [1.807, 2.05) is 0 Å². The molecule has 0 aliphatic carbocycles. The van der Waals surface area contributed by atoms with Crippen LogP contribution in [0, 0.1) is 0 Å². The van der Waals surface area contributed by atoms with Gasteiger partial charge in [0.15, 0.2) is 0 Å². The van der Waals surface area contributed by atoms with Crippen molar-refractivity contribution in [3.63, 3.8) is 0 Å². The third kappa shape index (κ3) is 3.88. The number of carbonyl (C=O) groups excluding carboxylic acids is 1. The number of nitrogens with zero attached hydrogens (tertiary/aromatic N) is 3. The SMILES string of the molecule is CC(C(=O)N1CCN(S(=O)(=O)c2cc(Cl)cc(Cl)c2)CC1)c1ccno1. The highest BCUT2D eigenvalue weighted by Crippen LogP contribution is 2.26. The summed E-state index contributed by atoms with van der Waals surface area (Å²) >= 11 is 11.8. The van der Waals surface area contributed by atoms with Crippen LogP contribution in [0.5, 0.6) is 0 Å². The highest BCUT2D eigenvalue weighted by atomic mass is 35.5. The number of hydrogen-bond acceptors (Lipinski definition) is 5. The molecular weight excluding hydrogens is 401 g/mol. The smallest absolute Gasteiger partial charge is 0.243 e. The second-order valence-electron chi connectivity index (χ2n) is 5.97. The van der Waals surface area contributed by atoms with Crippen molar-refractivity contribution >= 4 is 39.1 Å². The van der Waals surface area contributed by atoms with Gasteiger partial charge in [-0.1, -0.05) is 28.4 Å². The first-order chi connectivity index (χ1) is 12.3. The number of piperazine rings is 1. The lowest BCUT2D eigenvalue weighted by atomic mass is 10.1. The number of halogens is 2. The van der Waals surface area contributed by atoms with Crippen LogP contribution < -0.4 is 0 Å². The second-order valence-corrected chi connectivity index (χ2v) is 8.78. The Morgan fingerprint density at radius 1 is 1.15 bits per heavy atom. The van der Waals surface area contributed by atoms with E-state index in [4.69, 9.17) is 27.7 Å². The van der Waals surface area contributed by atoms with E-state index in [1.165, 1.54) is 28.7 Å². The lowest BCUT2D eigenvalue weighted by Gasteiger charge is -2.35. The van der Waals surface area contributed by atoms with Crippen molar-refractivity contribution < 1.29 is 17.7 Å². The van der Waals surface area contributed by atoms with Gasteiger partial charge in [-0.25, -0.2) is 8.42 Å². The number of rotatable bonds is 4. The summed E-state index contributed by atoms with van der Waals surface area (Å²) in [5.41, 5.74) is 0. The number of benzene rings is 1. The summed E-state index contributed by atoms with van der Waals surface area (Å²) in [6.07, 6.45) is 1.49. The molecular formula is C16H17Cl2N3O4S. The van der Waals surface area contributed by atoms with E-state index < -0.39 is 15.9 Å². The van der Waals surface area contributed by atoms with Gasteiger partial charge in [-0.05, 0) is 25.1 Å². The van der Waals surface area contributed by atoms with Crippen LogP contribution in [0.1, 0.15) is 18.6 Å². The van der Waals surface area contributed by atoms with Crippen LogP contribution in [-0.4, -0.2) is 54.9 Å². The van der Waals surface area contributed by atoms with E-state index in [0.29, 0.717) is 18.8 Å². The number of carbonyl (C=O) groups is 1. The molecule has 26 heavy (non-hydrogen) atoms. The van der Waals surface area contributed by atoms with Crippen molar-refractivity contribution in [3.05, 3.63) is 46.3 Å². The summed E-state index contributed by atoms with van der Waals surface area (Å²) in [5, 5.41) is 4.12. The molecule has 1 aromatic heterocycles. The van der Waals surface area contributed by atoms with Crippen LogP contribution in [-0.2, 0) is 14.8 Å². The van der Waals surface area contributed by atoms with Gasteiger partial charge in [0.05, 0.1) is 17.0 Å². The molecule has 0 N–H and O–H groups in total. The minimum absolute atomic E-state index is 0.0461. The van der Waals surface area contributed by atoms with Gasteiger partial charge in [0.1, 0.15) is 5.76 Å². The molecule has 2 aromatic rings. The molecule has 1 aliphatic rings. The van der Waals surface area contributed by atoms with E-state index >= 15 is 0 Å². The monoisotopic (exact) mass is 417 g/mol. The molecule has 1 amide bonds. The molecule has 140 valence electrons. The molecule has 2 heterocycles. The fourth-order valence-corrected chi connectivity index (χ4v) is 4.97. The predicted molar refractivity (Wildman–Crippen MR) is 96.7 cm³/mol. The Balaban J connectivity index is 1.69. The first-order valence-electron chi connectivity index (χ1n) is 7.94. The van der Waals surface area contributed by atoms with Gasteiger partial charge in [-0.2, -0.15) is 4.31 Å². The molecule has 0 radical (unpaired) electrons. The predicted octanol–water partition coefficient (Wildman–Crippen LogP) is 2.62. The molecule has 1 unspecified atom stereocenters. The van der Waals surface area contributed by atoms with E-state index in [0.717, 1.165) is 0 Å². The van der Waals surface area contributed by atoms with Gasteiger partial charge in [-0.15, -0.1) is 0 Å². The zero-order valence-electron chi connectivity index (χ0n) is 13.9. The summed E-state index contributed by atoms with van der Waals surface area (Å²) < 4.78 is 31.9. The largest absolute Gasteiger partial charge is 0.361 e. The minimum atomic E-state index is -3.72. The Bertz CT molecular complexity index is 874. The summed E-state index contributed by atoms with van der Waals surface area (Å²) in [5.74, 6) is -0.101. The quantitative estimate of drug-likeness (QED) is 0.762. The van der Waals surface area contributed by atoms with Gasteiger partial charge in [-0.3, -0.25) is 4.79 Å². The standard InChI is InChI=1S/C16H17Cl2N3O4S/c1-11(15-2-3-19-25-15)16(22)20-4-6-21(7-5-20)26(23,24)14-9-12(17)8-13(18)10-14/h2-3,8-11H,4-7H2,1H3. The molecule has 3 rings (SSSR count). The molecule has 0 saturated carbocycles. The minimum Gasteiger partial charge on any atom is -0.361 e. The van der Waals surface area contributed by atoms with Gasteiger partial charge >= 0.3 is 0 Å².